The van der Waals surface area contributed by atoms with Gasteiger partial charge in [0.2, 0.25) is 5.91 Å². The molecule has 0 saturated carbocycles. The summed E-state index contributed by atoms with van der Waals surface area (Å²) in [6.07, 6.45) is 1.98. The van der Waals surface area contributed by atoms with E-state index in [1.807, 2.05) is 4.90 Å². The Morgan fingerprint density at radius 2 is 1.96 bits per heavy atom. The summed E-state index contributed by atoms with van der Waals surface area (Å²) < 4.78 is 23.0. The number of hydrogen-bond donors (Lipinski definition) is 0. The van der Waals surface area contributed by atoms with Crippen molar-refractivity contribution in [3.63, 3.8) is 0 Å². The largest absolute Gasteiger partial charge is 0.341 e. The third-order valence-electron chi connectivity index (χ3n) is 4.76. The zero-order chi connectivity index (χ0) is 16.3. The van der Waals surface area contributed by atoms with Crippen LogP contribution in [0.2, 0.25) is 0 Å². The predicted octanol–water partition coefficient (Wildman–Crippen LogP) is 1.61. The molecule has 7 heteroatoms. The van der Waals surface area contributed by atoms with Crippen LogP contribution in [0.4, 0.5) is 0 Å². The summed E-state index contributed by atoms with van der Waals surface area (Å²) in [5, 5.41) is 2.10. The topological polar surface area (TPSA) is 57.7 Å². The third kappa shape index (κ3) is 4.55. The number of sulfone groups is 1. The lowest BCUT2D eigenvalue weighted by molar-refractivity contribution is -0.135. The minimum atomic E-state index is -2.90. The number of carbonyl (C=O) groups excluding carboxylic acids is 1. The molecule has 5 nitrogen and oxygen atoms in total. The summed E-state index contributed by atoms with van der Waals surface area (Å²) in [5.41, 5.74) is 0. The van der Waals surface area contributed by atoms with Crippen molar-refractivity contribution in [1.82, 2.24) is 9.80 Å². The predicted molar refractivity (Wildman–Crippen MR) is 92.2 cm³/mol. The van der Waals surface area contributed by atoms with Gasteiger partial charge in [-0.15, -0.1) is 11.3 Å². The number of amides is 1. The SMILES string of the molecule is O=C(C1CCS(=O)(=O)CC1)N1CCCN(Cc2cccs2)CC1. The molecule has 128 valence electrons. The van der Waals surface area contributed by atoms with Crippen molar-refractivity contribution in [1.29, 1.82) is 0 Å². The normalized spacial score (nSPS) is 23.6. The third-order valence-corrected chi connectivity index (χ3v) is 7.34. The number of carbonyl (C=O) groups is 1. The Balaban J connectivity index is 1.52. The van der Waals surface area contributed by atoms with E-state index in [4.69, 9.17) is 0 Å². The highest BCUT2D eigenvalue weighted by molar-refractivity contribution is 7.91. The van der Waals surface area contributed by atoms with Crippen molar-refractivity contribution in [3.05, 3.63) is 22.4 Å². The fourth-order valence-electron chi connectivity index (χ4n) is 3.37. The highest BCUT2D eigenvalue weighted by Crippen LogP contribution is 2.22. The molecule has 0 radical (unpaired) electrons. The summed E-state index contributed by atoms with van der Waals surface area (Å²) >= 11 is 1.77. The fraction of sp³-hybridized carbons (Fsp3) is 0.688. The lowest BCUT2D eigenvalue weighted by atomic mass is 10.0. The smallest absolute Gasteiger partial charge is 0.225 e. The van der Waals surface area contributed by atoms with E-state index in [9.17, 15) is 13.2 Å². The van der Waals surface area contributed by atoms with E-state index in [-0.39, 0.29) is 23.3 Å². The van der Waals surface area contributed by atoms with Crippen LogP contribution in [-0.2, 0) is 21.2 Å². The van der Waals surface area contributed by atoms with Crippen molar-refractivity contribution in [3.8, 4) is 0 Å². The van der Waals surface area contributed by atoms with Crippen LogP contribution < -0.4 is 0 Å². The van der Waals surface area contributed by atoms with Gasteiger partial charge in [-0.2, -0.15) is 0 Å². The van der Waals surface area contributed by atoms with Crippen molar-refractivity contribution in [2.75, 3.05) is 37.7 Å². The molecule has 1 aromatic heterocycles. The van der Waals surface area contributed by atoms with Gasteiger partial charge in [0.15, 0.2) is 0 Å². The van der Waals surface area contributed by atoms with E-state index in [0.29, 0.717) is 12.8 Å². The van der Waals surface area contributed by atoms with Crippen LogP contribution in [-0.4, -0.2) is 61.8 Å². The summed E-state index contributed by atoms with van der Waals surface area (Å²) in [5.74, 6) is 0.406. The Kier molecular flexibility index (Phi) is 5.38. The van der Waals surface area contributed by atoms with Crippen molar-refractivity contribution >= 4 is 27.1 Å². The Hall–Kier alpha value is -0.920. The zero-order valence-corrected chi connectivity index (χ0v) is 14.9. The summed E-state index contributed by atoms with van der Waals surface area (Å²) in [6, 6.07) is 4.23. The molecular weight excluding hydrogens is 332 g/mol. The van der Waals surface area contributed by atoms with Gasteiger partial charge in [0.25, 0.3) is 0 Å². The Labute approximate surface area is 142 Å². The lowest BCUT2D eigenvalue weighted by Gasteiger charge is -2.28. The van der Waals surface area contributed by atoms with Crippen LogP contribution in [0, 0.1) is 5.92 Å². The minimum absolute atomic E-state index is 0.0950. The molecule has 2 aliphatic rings. The van der Waals surface area contributed by atoms with E-state index in [1.165, 1.54) is 4.88 Å². The molecule has 1 amide bonds. The monoisotopic (exact) mass is 356 g/mol. The van der Waals surface area contributed by atoms with Crippen molar-refractivity contribution < 1.29 is 13.2 Å². The van der Waals surface area contributed by atoms with Gasteiger partial charge in [-0.1, -0.05) is 6.07 Å². The van der Waals surface area contributed by atoms with Gasteiger partial charge in [0.1, 0.15) is 9.84 Å². The van der Waals surface area contributed by atoms with E-state index in [1.54, 1.807) is 11.3 Å². The quantitative estimate of drug-likeness (QED) is 0.826. The molecule has 2 fully saturated rings. The van der Waals surface area contributed by atoms with Crippen molar-refractivity contribution in [2.45, 2.75) is 25.8 Å². The van der Waals surface area contributed by atoms with Gasteiger partial charge < -0.3 is 4.90 Å². The van der Waals surface area contributed by atoms with Crippen LogP contribution in [0.15, 0.2) is 17.5 Å². The van der Waals surface area contributed by atoms with Crippen LogP contribution in [0.1, 0.15) is 24.1 Å². The van der Waals surface area contributed by atoms with Gasteiger partial charge in [-0.25, -0.2) is 8.42 Å². The number of hydrogen-bond acceptors (Lipinski definition) is 5. The molecule has 0 N–H and O–H groups in total. The van der Waals surface area contributed by atoms with Crippen LogP contribution in [0.5, 0.6) is 0 Å². The first-order valence-corrected chi connectivity index (χ1v) is 11.0. The molecule has 1 aromatic rings. The molecular formula is C16H24N2O3S2. The average molecular weight is 357 g/mol. The lowest BCUT2D eigenvalue weighted by Crippen LogP contribution is -2.41. The highest BCUT2D eigenvalue weighted by Gasteiger charge is 2.31. The van der Waals surface area contributed by atoms with Crippen molar-refractivity contribution in [2.24, 2.45) is 5.92 Å². The maximum absolute atomic E-state index is 12.7. The first-order chi connectivity index (χ1) is 11.0. The standard InChI is InChI=1S/C16H24N2O3S2/c19-16(14-4-11-23(20,21)12-5-14)18-7-2-6-17(8-9-18)13-15-3-1-10-22-15/h1,3,10,14H,2,4-9,11-13H2. The molecule has 0 aromatic carbocycles. The summed E-state index contributed by atoms with van der Waals surface area (Å²) in [4.78, 5) is 18.4. The molecule has 0 spiro atoms. The van der Waals surface area contributed by atoms with Gasteiger partial charge in [0.05, 0.1) is 11.5 Å². The molecule has 3 rings (SSSR count). The summed E-state index contributed by atoms with van der Waals surface area (Å²) in [7, 11) is -2.90. The molecule has 2 saturated heterocycles. The van der Waals surface area contributed by atoms with Crippen LogP contribution in [0.25, 0.3) is 0 Å². The maximum atomic E-state index is 12.7. The van der Waals surface area contributed by atoms with E-state index >= 15 is 0 Å². The Bertz CT molecular complexity index is 614. The second kappa shape index (κ2) is 7.32. The van der Waals surface area contributed by atoms with Gasteiger partial charge in [-0.3, -0.25) is 9.69 Å². The number of thiophene rings is 1. The zero-order valence-electron chi connectivity index (χ0n) is 13.3. The highest BCUT2D eigenvalue weighted by atomic mass is 32.2. The Morgan fingerprint density at radius 1 is 1.17 bits per heavy atom. The minimum Gasteiger partial charge on any atom is -0.341 e. The molecule has 2 aliphatic heterocycles. The molecule has 0 aliphatic carbocycles. The fourth-order valence-corrected chi connectivity index (χ4v) is 5.61. The van der Waals surface area contributed by atoms with Gasteiger partial charge in [0, 0.05) is 43.5 Å². The van der Waals surface area contributed by atoms with E-state index < -0.39 is 9.84 Å². The number of rotatable bonds is 3. The van der Waals surface area contributed by atoms with Gasteiger partial charge >= 0.3 is 0 Å². The van der Waals surface area contributed by atoms with Crippen LogP contribution in [0.3, 0.4) is 0 Å². The van der Waals surface area contributed by atoms with E-state index in [2.05, 4.69) is 22.4 Å². The first kappa shape index (κ1) is 16.9. The second-order valence-corrected chi connectivity index (χ2v) is 9.80. The van der Waals surface area contributed by atoms with Crippen LogP contribution >= 0.6 is 11.3 Å². The first-order valence-electron chi connectivity index (χ1n) is 8.27. The molecule has 0 bridgehead atoms. The molecule has 3 heterocycles. The molecule has 0 unspecified atom stereocenters. The molecule has 23 heavy (non-hydrogen) atoms. The van der Waals surface area contributed by atoms with Gasteiger partial charge in [-0.05, 0) is 30.7 Å². The maximum Gasteiger partial charge on any atom is 0.225 e. The summed E-state index contributed by atoms with van der Waals surface area (Å²) in [6.45, 7) is 4.42. The molecule has 0 atom stereocenters. The Morgan fingerprint density at radius 3 is 2.65 bits per heavy atom. The van der Waals surface area contributed by atoms with E-state index in [0.717, 1.165) is 39.1 Å². The second-order valence-electron chi connectivity index (χ2n) is 6.46. The average Bonchev–Trinajstić information content (AvgIpc) is 2.91. The number of nitrogens with zero attached hydrogens (tertiary/aromatic N) is 2.